The van der Waals surface area contributed by atoms with Crippen molar-refractivity contribution >= 4 is 17.6 Å². The normalized spacial score (nSPS) is 10.8. The van der Waals surface area contributed by atoms with Gasteiger partial charge in [-0.1, -0.05) is 78.9 Å². The number of hydrogen-bond donors (Lipinski definition) is 3. The van der Waals surface area contributed by atoms with Gasteiger partial charge in [0.15, 0.2) is 0 Å². The molecule has 0 unspecified atom stereocenters. The SMILES string of the molecule is CC(NC(=O)CCNC(=O)Nc1ccccc1)(c1ccccc1)c1ccccc1. The Morgan fingerprint density at radius 3 is 1.76 bits per heavy atom. The van der Waals surface area contributed by atoms with Gasteiger partial charge in [-0.3, -0.25) is 4.79 Å². The molecule has 0 heterocycles. The Kier molecular flexibility index (Phi) is 6.63. The van der Waals surface area contributed by atoms with Crippen molar-refractivity contribution in [2.24, 2.45) is 0 Å². The first-order chi connectivity index (χ1) is 14.1. The van der Waals surface area contributed by atoms with E-state index in [0.717, 1.165) is 11.1 Å². The number of para-hydroxylation sites is 1. The molecule has 3 N–H and O–H groups in total. The van der Waals surface area contributed by atoms with Gasteiger partial charge in [-0.2, -0.15) is 0 Å². The summed E-state index contributed by atoms with van der Waals surface area (Å²) in [5.41, 5.74) is 2.03. The molecule has 0 aliphatic carbocycles. The molecule has 3 aromatic rings. The van der Waals surface area contributed by atoms with Crippen LogP contribution in [0.25, 0.3) is 0 Å². The lowest BCUT2D eigenvalue weighted by molar-refractivity contribution is -0.122. The van der Waals surface area contributed by atoms with Crippen molar-refractivity contribution in [3.8, 4) is 0 Å². The Morgan fingerprint density at radius 1 is 0.759 bits per heavy atom. The van der Waals surface area contributed by atoms with E-state index in [1.54, 1.807) is 12.1 Å². The maximum atomic E-state index is 12.7. The number of nitrogens with one attached hydrogen (secondary N) is 3. The molecule has 0 radical (unpaired) electrons. The van der Waals surface area contributed by atoms with Gasteiger partial charge in [0.2, 0.25) is 5.91 Å². The van der Waals surface area contributed by atoms with Crippen molar-refractivity contribution in [1.82, 2.24) is 10.6 Å². The van der Waals surface area contributed by atoms with E-state index in [1.165, 1.54) is 0 Å². The molecule has 0 fully saturated rings. The third-order valence-corrected chi connectivity index (χ3v) is 4.76. The summed E-state index contributed by atoms with van der Waals surface area (Å²) in [6, 6.07) is 28.6. The molecule has 0 atom stereocenters. The van der Waals surface area contributed by atoms with E-state index in [2.05, 4.69) is 16.0 Å². The predicted octanol–water partition coefficient (Wildman–Crippen LogP) is 4.28. The minimum atomic E-state index is -0.661. The fourth-order valence-corrected chi connectivity index (χ4v) is 3.18. The molecular weight excluding hydrogens is 362 g/mol. The summed E-state index contributed by atoms with van der Waals surface area (Å²) in [5.74, 6) is -0.139. The molecule has 3 amide bonds. The number of benzene rings is 3. The second kappa shape index (κ2) is 9.55. The summed E-state index contributed by atoms with van der Waals surface area (Å²) in [4.78, 5) is 24.6. The highest BCUT2D eigenvalue weighted by Crippen LogP contribution is 2.29. The number of rotatable bonds is 7. The molecule has 3 aromatic carbocycles. The van der Waals surface area contributed by atoms with Crippen molar-refractivity contribution in [2.45, 2.75) is 18.9 Å². The Hall–Kier alpha value is -3.60. The van der Waals surface area contributed by atoms with Crippen LogP contribution < -0.4 is 16.0 Å². The summed E-state index contributed by atoms with van der Waals surface area (Å²) < 4.78 is 0. The molecular formula is C24H25N3O2. The summed E-state index contributed by atoms with van der Waals surface area (Å²) in [5, 5.41) is 8.59. The van der Waals surface area contributed by atoms with E-state index >= 15 is 0 Å². The van der Waals surface area contributed by atoms with Crippen molar-refractivity contribution < 1.29 is 9.59 Å². The van der Waals surface area contributed by atoms with Gasteiger partial charge < -0.3 is 16.0 Å². The molecule has 0 saturated heterocycles. The molecule has 0 saturated carbocycles. The van der Waals surface area contributed by atoms with Crippen LogP contribution in [0.1, 0.15) is 24.5 Å². The van der Waals surface area contributed by atoms with Crippen molar-refractivity contribution in [3.05, 3.63) is 102 Å². The Morgan fingerprint density at radius 2 is 1.24 bits per heavy atom. The minimum Gasteiger partial charge on any atom is -0.343 e. The van der Waals surface area contributed by atoms with E-state index in [9.17, 15) is 9.59 Å². The van der Waals surface area contributed by atoms with E-state index in [-0.39, 0.29) is 24.9 Å². The summed E-state index contributed by atoms with van der Waals surface area (Å²) >= 11 is 0. The van der Waals surface area contributed by atoms with Gasteiger partial charge in [0, 0.05) is 18.7 Å². The number of carbonyl (C=O) groups excluding carboxylic acids is 2. The van der Waals surface area contributed by atoms with Crippen molar-refractivity contribution in [1.29, 1.82) is 0 Å². The molecule has 0 aromatic heterocycles. The molecule has 148 valence electrons. The van der Waals surface area contributed by atoms with Gasteiger partial charge in [-0.15, -0.1) is 0 Å². The average Bonchev–Trinajstić information content (AvgIpc) is 2.75. The number of urea groups is 1. The molecule has 29 heavy (non-hydrogen) atoms. The largest absolute Gasteiger partial charge is 0.343 e. The van der Waals surface area contributed by atoms with Gasteiger partial charge in [0.05, 0.1) is 5.54 Å². The fourth-order valence-electron chi connectivity index (χ4n) is 3.18. The smallest absolute Gasteiger partial charge is 0.319 e. The Labute approximate surface area is 171 Å². The first-order valence-electron chi connectivity index (χ1n) is 9.60. The van der Waals surface area contributed by atoms with Gasteiger partial charge in [0.25, 0.3) is 0 Å². The van der Waals surface area contributed by atoms with Crippen molar-refractivity contribution in [3.63, 3.8) is 0 Å². The first kappa shape index (κ1) is 20.1. The molecule has 0 bridgehead atoms. The van der Waals surface area contributed by atoms with Gasteiger partial charge in [-0.25, -0.2) is 4.79 Å². The number of anilines is 1. The Bertz CT molecular complexity index is 889. The lowest BCUT2D eigenvalue weighted by atomic mass is 9.84. The van der Waals surface area contributed by atoms with Crippen LogP contribution in [0.2, 0.25) is 0 Å². The zero-order valence-corrected chi connectivity index (χ0v) is 16.4. The third kappa shape index (κ3) is 5.45. The summed E-state index contributed by atoms with van der Waals surface area (Å²) in [6.07, 6.45) is 0.178. The Balaban J connectivity index is 1.60. The molecule has 0 aliphatic rings. The van der Waals surface area contributed by atoms with Crippen LogP contribution in [-0.2, 0) is 10.3 Å². The summed E-state index contributed by atoms with van der Waals surface area (Å²) in [6.45, 7) is 2.23. The number of amides is 3. The maximum Gasteiger partial charge on any atom is 0.319 e. The molecule has 3 rings (SSSR count). The van der Waals surface area contributed by atoms with Crippen LogP contribution in [-0.4, -0.2) is 18.5 Å². The lowest BCUT2D eigenvalue weighted by Gasteiger charge is -2.32. The van der Waals surface area contributed by atoms with E-state index in [1.807, 2.05) is 85.8 Å². The summed E-state index contributed by atoms with van der Waals surface area (Å²) in [7, 11) is 0. The van der Waals surface area contributed by atoms with E-state index in [0.29, 0.717) is 5.69 Å². The highest BCUT2D eigenvalue weighted by atomic mass is 16.2. The highest BCUT2D eigenvalue weighted by Gasteiger charge is 2.30. The zero-order chi connectivity index (χ0) is 20.5. The van der Waals surface area contributed by atoms with Crippen molar-refractivity contribution in [2.75, 3.05) is 11.9 Å². The van der Waals surface area contributed by atoms with Crippen LogP contribution in [0, 0.1) is 0 Å². The standard InChI is InChI=1S/C24H25N3O2/c1-24(19-11-5-2-6-12-19,20-13-7-3-8-14-20)27-22(28)17-18-25-23(29)26-21-15-9-4-10-16-21/h2-16H,17-18H2,1H3,(H,27,28)(H2,25,26,29). The van der Waals surface area contributed by atoms with Crippen LogP contribution in [0.5, 0.6) is 0 Å². The minimum absolute atomic E-state index is 0.139. The molecule has 5 nitrogen and oxygen atoms in total. The second-order valence-corrected chi connectivity index (χ2v) is 6.90. The van der Waals surface area contributed by atoms with Crippen LogP contribution in [0.4, 0.5) is 10.5 Å². The van der Waals surface area contributed by atoms with Crippen LogP contribution >= 0.6 is 0 Å². The quantitative estimate of drug-likeness (QED) is 0.566. The zero-order valence-electron chi connectivity index (χ0n) is 16.4. The monoisotopic (exact) mass is 387 g/mol. The fraction of sp³-hybridized carbons (Fsp3) is 0.167. The molecule has 0 aliphatic heterocycles. The van der Waals surface area contributed by atoms with Gasteiger partial charge in [0.1, 0.15) is 0 Å². The first-order valence-corrected chi connectivity index (χ1v) is 9.60. The van der Waals surface area contributed by atoms with Crippen LogP contribution in [0.3, 0.4) is 0 Å². The topological polar surface area (TPSA) is 70.2 Å². The lowest BCUT2D eigenvalue weighted by Crippen LogP contribution is -2.45. The highest BCUT2D eigenvalue weighted by molar-refractivity contribution is 5.89. The average molecular weight is 387 g/mol. The molecule has 0 spiro atoms. The van der Waals surface area contributed by atoms with Crippen LogP contribution in [0.15, 0.2) is 91.0 Å². The second-order valence-electron chi connectivity index (χ2n) is 6.90. The third-order valence-electron chi connectivity index (χ3n) is 4.76. The number of carbonyl (C=O) groups is 2. The number of hydrogen-bond acceptors (Lipinski definition) is 2. The maximum absolute atomic E-state index is 12.7. The van der Waals surface area contributed by atoms with E-state index in [4.69, 9.17) is 0 Å². The van der Waals surface area contributed by atoms with Gasteiger partial charge in [-0.05, 0) is 30.2 Å². The molecule has 5 heteroatoms. The van der Waals surface area contributed by atoms with Gasteiger partial charge >= 0.3 is 6.03 Å². The predicted molar refractivity (Wildman–Crippen MR) is 116 cm³/mol. The van der Waals surface area contributed by atoms with E-state index < -0.39 is 5.54 Å².